The molecule has 0 spiro atoms. The first-order chi connectivity index (χ1) is 11.0. The highest BCUT2D eigenvalue weighted by molar-refractivity contribution is 7.09. The first kappa shape index (κ1) is 16.3. The number of aromatic nitrogens is 1. The predicted octanol–water partition coefficient (Wildman–Crippen LogP) is 4.90. The number of benzene rings is 1. The molecule has 1 aromatic carbocycles. The van der Waals surface area contributed by atoms with Crippen LogP contribution in [0.25, 0.3) is 0 Å². The maximum absolute atomic E-state index is 12.9. The van der Waals surface area contributed by atoms with E-state index in [2.05, 4.69) is 26.1 Å². The zero-order valence-electron chi connectivity index (χ0n) is 13.5. The third-order valence-electron chi connectivity index (χ3n) is 3.86. The molecule has 0 saturated carbocycles. The topological polar surface area (TPSA) is 45.2 Å². The van der Waals surface area contributed by atoms with Crippen molar-refractivity contribution in [1.29, 1.82) is 0 Å². The second kappa shape index (κ2) is 6.49. The van der Waals surface area contributed by atoms with Gasteiger partial charge in [-0.05, 0) is 24.6 Å². The van der Waals surface area contributed by atoms with Crippen molar-refractivity contribution in [2.75, 3.05) is 11.9 Å². The summed E-state index contributed by atoms with van der Waals surface area (Å²) in [5.41, 5.74) is 2.34. The average Bonchev–Trinajstić information content (AvgIpc) is 2.99. The number of rotatable bonds is 4. The molecule has 0 radical (unpaired) electrons. The van der Waals surface area contributed by atoms with Gasteiger partial charge < -0.3 is 10.2 Å². The molecule has 1 amide bonds. The molecule has 1 atom stereocenters. The minimum absolute atomic E-state index is 0.0290. The van der Waals surface area contributed by atoms with Crippen LogP contribution >= 0.6 is 22.9 Å². The lowest BCUT2D eigenvalue weighted by molar-refractivity contribution is 0.0680. The van der Waals surface area contributed by atoms with Gasteiger partial charge in [-0.25, -0.2) is 4.98 Å². The highest BCUT2D eigenvalue weighted by Crippen LogP contribution is 2.35. The number of nitrogens with one attached hydrogen (secondary N) is 1. The number of nitrogens with zero attached hydrogens (tertiary/aromatic N) is 2. The van der Waals surface area contributed by atoms with E-state index in [0.29, 0.717) is 23.0 Å². The van der Waals surface area contributed by atoms with Crippen molar-refractivity contribution >= 4 is 34.5 Å². The van der Waals surface area contributed by atoms with Crippen molar-refractivity contribution in [2.24, 2.45) is 0 Å². The first-order valence-electron chi connectivity index (χ1n) is 7.83. The van der Waals surface area contributed by atoms with E-state index in [0.717, 1.165) is 22.8 Å². The standard InChI is InChI=1S/C17H20ClN3OS/c1-4-7-21-15(14-9-23-16(20-14)10(2)3)19-13-8-11(18)5-6-12(13)17(21)22/h5-6,8-10,15,19H,4,7H2,1-3H3. The predicted molar refractivity (Wildman–Crippen MR) is 95.3 cm³/mol. The molecule has 1 N–H and O–H groups in total. The molecule has 1 aliphatic heterocycles. The molecule has 1 aliphatic rings. The third kappa shape index (κ3) is 3.08. The molecule has 3 rings (SSSR count). The van der Waals surface area contributed by atoms with Crippen molar-refractivity contribution in [3.05, 3.63) is 44.9 Å². The Balaban J connectivity index is 2.01. The van der Waals surface area contributed by atoms with E-state index in [1.807, 2.05) is 10.3 Å². The molecule has 1 aromatic heterocycles. The van der Waals surface area contributed by atoms with Crippen LogP contribution < -0.4 is 5.32 Å². The molecule has 0 saturated heterocycles. The van der Waals surface area contributed by atoms with Crippen LogP contribution in [0.2, 0.25) is 5.02 Å². The summed E-state index contributed by atoms with van der Waals surface area (Å²) in [6.45, 7) is 7.01. The van der Waals surface area contributed by atoms with Gasteiger partial charge in [0.25, 0.3) is 5.91 Å². The summed E-state index contributed by atoms with van der Waals surface area (Å²) in [6.07, 6.45) is 0.658. The Hall–Kier alpha value is -1.59. The van der Waals surface area contributed by atoms with Gasteiger partial charge in [-0.2, -0.15) is 0 Å². The van der Waals surface area contributed by atoms with Crippen LogP contribution in [0, 0.1) is 0 Å². The van der Waals surface area contributed by atoms with E-state index in [4.69, 9.17) is 16.6 Å². The van der Waals surface area contributed by atoms with Crippen LogP contribution in [-0.4, -0.2) is 22.3 Å². The summed E-state index contributed by atoms with van der Waals surface area (Å²) < 4.78 is 0. The molecular weight excluding hydrogens is 330 g/mol. The number of hydrogen-bond donors (Lipinski definition) is 1. The van der Waals surface area contributed by atoms with Gasteiger partial charge in [-0.1, -0.05) is 32.4 Å². The highest BCUT2D eigenvalue weighted by atomic mass is 35.5. The van der Waals surface area contributed by atoms with Crippen LogP contribution in [0.3, 0.4) is 0 Å². The maximum Gasteiger partial charge on any atom is 0.257 e. The number of hydrogen-bond acceptors (Lipinski definition) is 4. The fourth-order valence-electron chi connectivity index (χ4n) is 2.72. The minimum Gasteiger partial charge on any atom is -0.359 e. The SMILES string of the molecule is CCCN1C(=O)c2ccc(Cl)cc2NC1c1csc(C(C)C)n1. The van der Waals surface area contributed by atoms with Crippen molar-refractivity contribution < 1.29 is 4.79 Å². The van der Waals surface area contributed by atoms with Crippen LogP contribution in [-0.2, 0) is 0 Å². The number of anilines is 1. The van der Waals surface area contributed by atoms with E-state index >= 15 is 0 Å². The molecule has 2 heterocycles. The lowest BCUT2D eigenvalue weighted by Gasteiger charge is -2.37. The molecule has 4 nitrogen and oxygen atoms in total. The fourth-order valence-corrected chi connectivity index (χ4v) is 3.74. The Labute approximate surface area is 145 Å². The van der Waals surface area contributed by atoms with Crippen LogP contribution in [0.1, 0.15) is 60.3 Å². The maximum atomic E-state index is 12.9. The lowest BCUT2D eigenvalue weighted by atomic mass is 10.1. The van der Waals surface area contributed by atoms with E-state index in [-0.39, 0.29) is 12.1 Å². The quantitative estimate of drug-likeness (QED) is 0.854. The van der Waals surface area contributed by atoms with Gasteiger partial charge in [0, 0.05) is 22.9 Å². The number of fused-ring (bicyclic) bond motifs is 1. The summed E-state index contributed by atoms with van der Waals surface area (Å²) in [5.74, 6) is 0.413. The van der Waals surface area contributed by atoms with Gasteiger partial charge in [-0.3, -0.25) is 4.79 Å². The number of amides is 1. The molecule has 0 aliphatic carbocycles. The lowest BCUT2D eigenvalue weighted by Crippen LogP contribution is -2.43. The Morgan fingerprint density at radius 1 is 1.43 bits per heavy atom. The van der Waals surface area contributed by atoms with E-state index in [1.54, 1.807) is 29.5 Å². The van der Waals surface area contributed by atoms with Crippen LogP contribution in [0.15, 0.2) is 23.6 Å². The van der Waals surface area contributed by atoms with Crippen molar-refractivity contribution in [3.63, 3.8) is 0 Å². The number of carbonyl (C=O) groups excluding carboxylic acids is 1. The van der Waals surface area contributed by atoms with Crippen molar-refractivity contribution in [2.45, 2.75) is 39.3 Å². The highest BCUT2D eigenvalue weighted by Gasteiger charge is 2.33. The van der Waals surface area contributed by atoms with Gasteiger partial charge in [0.2, 0.25) is 0 Å². The Bertz CT molecular complexity index is 728. The summed E-state index contributed by atoms with van der Waals surface area (Å²) in [4.78, 5) is 19.4. The second-order valence-corrected chi connectivity index (χ2v) is 7.33. The molecule has 2 aromatic rings. The van der Waals surface area contributed by atoms with Crippen molar-refractivity contribution in [3.8, 4) is 0 Å². The Morgan fingerprint density at radius 2 is 2.22 bits per heavy atom. The average molecular weight is 350 g/mol. The largest absolute Gasteiger partial charge is 0.359 e. The van der Waals surface area contributed by atoms with E-state index in [9.17, 15) is 4.79 Å². The smallest absolute Gasteiger partial charge is 0.257 e. The molecular formula is C17H20ClN3OS. The zero-order chi connectivity index (χ0) is 16.6. The zero-order valence-corrected chi connectivity index (χ0v) is 15.0. The Morgan fingerprint density at radius 3 is 2.87 bits per heavy atom. The van der Waals surface area contributed by atoms with E-state index in [1.165, 1.54) is 0 Å². The Kier molecular flexibility index (Phi) is 4.60. The molecule has 122 valence electrons. The molecule has 0 bridgehead atoms. The summed E-state index contributed by atoms with van der Waals surface area (Å²) in [6, 6.07) is 5.34. The monoisotopic (exact) mass is 349 g/mol. The van der Waals surface area contributed by atoms with Gasteiger partial charge in [-0.15, -0.1) is 11.3 Å². The van der Waals surface area contributed by atoms with Gasteiger partial charge in [0.15, 0.2) is 0 Å². The number of thiazole rings is 1. The minimum atomic E-state index is -0.239. The second-order valence-electron chi connectivity index (χ2n) is 6.00. The molecule has 6 heteroatoms. The van der Waals surface area contributed by atoms with Crippen LogP contribution in [0.4, 0.5) is 5.69 Å². The first-order valence-corrected chi connectivity index (χ1v) is 9.09. The fraction of sp³-hybridized carbons (Fsp3) is 0.412. The molecule has 0 fully saturated rings. The normalized spacial score (nSPS) is 17.3. The van der Waals surface area contributed by atoms with Crippen LogP contribution in [0.5, 0.6) is 0 Å². The summed E-state index contributed by atoms with van der Waals surface area (Å²) >= 11 is 7.72. The molecule has 1 unspecified atom stereocenters. The van der Waals surface area contributed by atoms with E-state index < -0.39 is 0 Å². The third-order valence-corrected chi connectivity index (χ3v) is 5.25. The number of halogens is 1. The van der Waals surface area contributed by atoms with Gasteiger partial charge >= 0.3 is 0 Å². The molecule has 23 heavy (non-hydrogen) atoms. The summed E-state index contributed by atoms with van der Waals surface area (Å²) in [7, 11) is 0. The van der Waals surface area contributed by atoms with Gasteiger partial charge in [0.1, 0.15) is 6.17 Å². The van der Waals surface area contributed by atoms with Crippen molar-refractivity contribution in [1.82, 2.24) is 9.88 Å². The van der Waals surface area contributed by atoms with Gasteiger partial charge in [0.05, 0.1) is 22.0 Å². The summed E-state index contributed by atoms with van der Waals surface area (Å²) in [5, 5.41) is 7.18. The number of carbonyl (C=O) groups is 1.